The minimum absolute atomic E-state index is 0.00115. The van der Waals surface area contributed by atoms with E-state index in [1.165, 1.54) is 24.1 Å². The van der Waals surface area contributed by atoms with Crippen LogP contribution in [0.4, 0.5) is 14.9 Å². The molecule has 1 aromatic heterocycles. The van der Waals surface area contributed by atoms with Crippen molar-refractivity contribution in [1.29, 1.82) is 0 Å². The summed E-state index contributed by atoms with van der Waals surface area (Å²) < 4.78 is 31.0. The molecule has 0 aliphatic rings. The number of nitrogens with two attached hydrogens (primary N) is 1. The first-order valence-corrected chi connectivity index (χ1v) is 9.85. The van der Waals surface area contributed by atoms with Crippen LogP contribution in [0.5, 0.6) is 11.5 Å². The number of methoxy groups -OCH3 is 1. The molecule has 0 atom stereocenters. The van der Waals surface area contributed by atoms with Gasteiger partial charge in [-0.3, -0.25) is 0 Å². The zero-order valence-corrected chi connectivity index (χ0v) is 18.7. The van der Waals surface area contributed by atoms with Crippen molar-refractivity contribution < 1.29 is 23.1 Å². The zero-order chi connectivity index (χ0) is 23.6. The molecule has 2 N–H and O–H groups in total. The third kappa shape index (κ3) is 4.67. The van der Waals surface area contributed by atoms with Gasteiger partial charge in [0.2, 0.25) is 0 Å². The zero-order valence-electron chi connectivity index (χ0n) is 18.7. The number of anilines is 1. The molecule has 1 heterocycles. The fourth-order valence-corrected chi connectivity index (χ4v) is 3.39. The van der Waals surface area contributed by atoms with Gasteiger partial charge in [0.1, 0.15) is 22.9 Å². The minimum atomic E-state index is -0.616. The topological polar surface area (TPSA) is 98.2 Å². The van der Waals surface area contributed by atoms with Crippen molar-refractivity contribution in [3.05, 3.63) is 63.3 Å². The second-order valence-corrected chi connectivity index (χ2v) is 7.84. The Balaban J connectivity index is 2.24. The van der Waals surface area contributed by atoms with Crippen LogP contribution in [0.15, 0.2) is 39.5 Å². The lowest BCUT2D eigenvalue weighted by Gasteiger charge is -2.19. The molecule has 0 bridgehead atoms. The van der Waals surface area contributed by atoms with Gasteiger partial charge in [0.25, 0.3) is 0 Å². The molecule has 8 nitrogen and oxygen atoms in total. The summed E-state index contributed by atoms with van der Waals surface area (Å²) in [7, 11) is 8.28. The fraction of sp³-hybridized carbons (Fsp3) is 0.304. The van der Waals surface area contributed by atoms with Crippen LogP contribution in [0.3, 0.4) is 0 Å². The summed E-state index contributed by atoms with van der Waals surface area (Å²) in [4.78, 5) is 28.1. The molecule has 32 heavy (non-hydrogen) atoms. The number of carbonyl (C=O) groups is 1. The molecule has 0 saturated heterocycles. The fourth-order valence-electron chi connectivity index (χ4n) is 3.39. The van der Waals surface area contributed by atoms with Crippen LogP contribution >= 0.6 is 0 Å². The Bertz CT molecular complexity index is 1220. The minimum Gasteiger partial charge on any atom is -0.496 e. The summed E-state index contributed by atoms with van der Waals surface area (Å²) >= 11 is 0. The lowest BCUT2D eigenvalue weighted by atomic mass is 9.97. The number of carbonyl (C=O) groups excluding carboxylic acids is 1. The van der Waals surface area contributed by atoms with E-state index in [4.69, 9.17) is 19.6 Å². The lowest BCUT2D eigenvalue weighted by molar-refractivity contribution is 0.172. The largest absolute Gasteiger partial charge is 0.496 e. The molecule has 9 heteroatoms. The highest BCUT2D eigenvalue weighted by Gasteiger charge is 2.22. The molecule has 0 fully saturated rings. The van der Waals surface area contributed by atoms with Crippen LogP contribution in [-0.4, -0.2) is 51.2 Å². The first-order valence-electron chi connectivity index (χ1n) is 9.85. The monoisotopic (exact) mass is 443 g/mol. The molecule has 0 spiro atoms. The van der Waals surface area contributed by atoms with E-state index in [-0.39, 0.29) is 29.0 Å². The highest BCUT2D eigenvalue weighted by molar-refractivity contribution is 5.90. The van der Waals surface area contributed by atoms with Gasteiger partial charge in [-0.05, 0) is 31.3 Å². The molecule has 1 amide bonds. The van der Waals surface area contributed by atoms with Gasteiger partial charge in [-0.1, -0.05) is 12.1 Å². The van der Waals surface area contributed by atoms with E-state index in [1.54, 1.807) is 32.3 Å². The molecule has 0 radical (unpaired) electrons. The van der Waals surface area contributed by atoms with Gasteiger partial charge in [0.05, 0.1) is 18.2 Å². The second-order valence-electron chi connectivity index (χ2n) is 7.84. The van der Waals surface area contributed by atoms with E-state index >= 15 is 0 Å². The van der Waals surface area contributed by atoms with Crippen molar-refractivity contribution in [3.8, 4) is 11.5 Å². The number of nitrogen functional groups attached to an aromatic ring is 1. The molecule has 2 aromatic carbocycles. The Morgan fingerprint density at radius 3 is 2.50 bits per heavy atom. The number of hydrogen-bond acceptors (Lipinski definition) is 7. The van der Waals surface area contributed by atoms with Crippen LogP contribution in [0.2, 0.25) is 0 Å². The van der Waals surface area contributed by atoms with E-state index in [0.29, 0.717) is 28.8 Å². The number of benzene rings is 2. The van der Waals surface area contributed by atoms with Gasteiger partial charge in [-0.2, -0.15) is 0 Å². The maximum atomic E-state index is 14.6. The summed E-state index contributed by atoms with van der Waals surface area (Å²) in [5.74, 6) is -0.0405. The summed E-state index contributed by atoms with van der Waals surface area (Å²) in [5, 5.41) is 0.546. The molecule has 0 unspecified atom stereocenters. The standard InChI is InChI=1S/C23H26FN3O5/c1-26(2)12-16-15(9-13-7-6-8-17(25)21(13)24)22(28)32-19-11-14(31-23(29)27(3)4)10-18(30-5)20(16)19/h6-8,10-11H,9,12,25H2,1-5H3. The van der Waals surface area contributed by atoms with E-state index in [2.05, 4.69) is 0 Å². The third-order valence-electron chi connectivity index (χ3n) is 4.89. The van der Waals surface area contributed by atoms with Crippen LogP contribution in [0.25, 0.3) is 11.0 Å². The van der Waals surface area contributed by atoms with Gasteiger partial charge in [-0.15, -0.1) is 0 Å². The summed E-state index contributed by atoms with van der Waals surface area (Å²) in [6.07, 6.45) is -0.588. The van der Waals surface area contributed by atoms with Crippen molar-refractivity contribution >= 4 is 22.7 Å². The first kappa shape index (κ1) is 23.1. The van der Waals surface area contributed by atoms with Crippen LogP contribution in [-0.2, 0) is 13.0 Å². The van der Waals surface area contributed by atoms with Crippen LogP contribution in [0, 0.1) is 5.82 Å². The molecule has 0 aliphatic heterocycles. The lowest BCUT2D eigenvalue weighted by Crippen LogP contribution is -2.25. The van der Waals surface area contributed by atoms with Crippen molar-refractivity contribution in [3.63, 3.8) is 0 Å². The Kier molecular flexibility index (Phi) is 6.69. The highest BCUT2D eigenvalue weighted by Crippen LogP contribution is 2.35. The van der Waals surface area contributed by atoms with Gasteiger partial charge in [0, 0.05) is 44.8 Å². The average Bonchev–Trinajstić information content (AvgIpc) is 2.72. The summed E-state index contributed by atoms with van der Waals surface area (Å²) in [5.41, 5.74) is 6.50. The van der Waals surface area contributed by atoms with Crippen molar-refractivity contribution in [2.75, 3.05) is 41.0 Å². The maximum absolute atomic E-state index is 14.6. The van der Waals surface area contributed by atoms with Crippen molar-refractivity contribution in [2.45, 2.75) is 13.0 Å². The van der Waals surface area contributed by atoms with Gasteiger partial charge in [-0.25, -0.2) is 14.0 Å². The molecule has 3 rings (SSSR count). The Hall–Kier alpha value is -3.59. The third-order valence-corrected chi connectivity index (χ3v) is 4.89. The van der Waals surface area contributed by atoms with Crippen molar-refractivity contribution in [2.24, 2.45) is 0 Å². The number of halogens is 1. The Labute approximate surface area is 184 Å². The van der Waals surface area contributed by atoms with E-state index < -0.39 is 17.5 Å². The van der Waals surface area contributed by atoms with Gasteiger partial charge in [0.15, 0.2) is 0 Å². The predicted octanol–water partition coefficient (Wildman–Crippen LogP) is 3.24. The van der Waals surface area contributed by atoms with Crippen molar-refractivity contribution in [1.82, 2.24) is 9.80 Å². The number of amides is 1. The second kappa shape index (κ2) is 9.27. The Morgan fingerprint density at radius 2 is 1.88 bits per heavy atom. The average molecular weight is 443 g/mol. The molecular formula is C23H26FN3O5. The molecule has 3 aromatic rings. The molecule has 170 valence electrons. The van der Waals surface area contributed by atoms with Gasteiger partial charge < -0.3 is 29.4 Å². The Morgan fingerprint density at radius 1 is 1.16 bits per heavy atom. The first-order chi connectivity index (χ1) is 15.1. The molecule has 0 aliphatic carbocycles. The number of hydrogen-bond donors (Lipinski definition) is 1. The quantitative estimate of drug-likeness (QED) is 0.461. The smallest absolute Gasteiger partial charge is 0.414 e. The predicted molar refractivity (Wildman–Crippen MR) is 120 cm³/mol. The number of ether oxygens (including phenoxy) is 2. The molecule has 0 saturated carbocycles. The van der Waals surface area contributed by atoms with E-state index in [1.807, 2.05) is 19.0 Å². The summed E-state index contributed by atoms with van der Waals surface area (Å²) in [6.45, 7) is 0.370. The van der Waals surface area contributed by atoms with Crippen LogP contribution < -0.4 is 20.8 Å². The number of fused-ring (bicyclic) bond motifs is 1. The molecular weight excluding hydrogens is 417 g/mol. The normalized spacial score (nSPS) is 11.1. The maximum Gasteiger partial charge on any atom is 0.414 e. The highest BCUT2D eigenvalue weighted by atomic mass is 19.1. The van der Waals surface area contributed by atoms with E-state index in [0.717, 1.165) is 0 Å². The van der Waals surface area contributed by atoms with Crippen LogP contribution in [0.1, 0.15) is 16.7 Å². The van der Waals surface area contributed by atoms with E-state index in [9.17, 15) is 14.0 Å². The SMILES string of the molecule is COc1cc(OC(=O)N(C)C)cc2oc(=O)c(Cc3cccc(N)c3F)c(CN(C)C)c12. The number of rotatable bonds is 6. The summed E-state index contributed by atoms with van der Waals surface area (Å²) in [6, 6.07) is 7.68. The number of nitrogens with zero attached hydrogens (tertiary/aromatic N) is 2. The van der Waals surface area contributed by atoms with Gasteiger partial charge >= 0.3 is 11.7 Å².